The number of hydrogen-bond acceptors (Lipinski definition) is 4. The van der Waals surface area contributed by atoms with Crippen LogP contribution in [0.2, 0.25) is 0 Å². The fourth-order valence-corrected chi connectivity index (χ4v) is 4.88. The van der Waals surface area contributed by atoms with Crippen molar-refractivity contribution in [3.63, 3.8) is 0 Å². The number of sulfonamides is 1. The maximum absolute atomic E-state index is 12.6. The SMILES string of the molecule is Cc1cc(S(=O)(=O)N2CCCC2)ccc1OCC(=O)N[C@@H](C)c1ccccc1. The lowest BCUT2D eigenvalue weighted by atomic mass is 10.1. The highest BCUT2D eigenvalue weighted by Crippen LogP contribution is 2.26. The second-order valence-electron chi connectivity index (χ2n) is 7.03. The zero-order valence-corrected chi connectivity index (χ0v) is 17.0. The Balaban J connectivity index is 1.60. The molecule has 1 atom stereocenters. The van der Waals surface area contributed by atoms with Crippen LogP contribution in [0.25, 0.3) is 0 Å². The second kappa shape index (κ2) is 8.75. The fourth-order valence-electron chi connectivity index (χ4n) is 3.27. The van der Waals surface area contributed by atoms with Crippen LogP contribution in [-0.4, -0.2) is 38.3 Å². The summed E-state index contributed by atoms with van der Waals surface area (Å²) in [4.78, 5) is 12.4. The number of ether oxygens (including phenoxy) is 1. The highest BCUT2D eigenvalue weighted by atomic mass is 32.2. The van der Waals surface area contributed by atoms with Crippen molar-refractivity contribution >= 4 is 15.9 Å². The molecule has 1 amide bonds. The van der Waals surface area contributed by atoms with Gasteiger partial charge in [-0.2, -0.15) is 4.31 Å². The van der Waals surface area contributed by atoms with Crippen LogP contribution in [0.15, 0.2) is 53.4 Å². The molecule has 0 unspecified atom stereocenters. The molecular weight excluding hydrogens is 376 g/mol. The van der Waals surface area contributed by atoms with Gasteiger partial charge in [0, 0.05) is 13.1 Å². The summed E-state index contributed by atoms with van der Waals surface area (Å²) in [7, 11) is -3.46. The summed E-state index contributed by atoms with van der Waals surface area (Å²) in [6, 6.07) is 14.3. The van der Waals surface area contributed by atoms with Crippen molar-refractivity contribution in [1.29, 1.82) is 0 Å². The highest BCUT2D eigenvalue weighted by molar-refractivity contribution is 7.89. The van der Waals surface area contributed by atoms with Crippen molar-refractivity contribution in [3.8, 4) is 5.75 Å². The van der Waals surface area contributed by atoms with Gasteiger partial charge in [-0.15, -0.1) is 0 Å². The van der Waals surface area contributed by atoms with Gasteiger partial charge in [0.05, 0.1) is 10.9 Å². The van der Waals surface area contributed by atoms with E-state index >= 15 is 0 Å². The summed E-state index contributed by atoms with van der Waals surface area (Å²) in [5.41, 5.74) is 1.70. The first-order valence-corrected chi connectivity index (χ1v) is 10.9. The van der Waals surface area contributed by atoms with Crippen LogP contribution in [0.5, 0.6) is 5.75 Å². The molecule has 0 bridgehead atoms. The van der Waals surface area contributed by atoms with Crippen molar-refractivity contribution in [2.45, 2.75) is 37.6 Å². The largest absolute Gasteiger partial charge is 0.484 e. The molecule has 2 aromatic carbocycles. The molecule has 28 heavy (non-hydrogen) atoms. The van der Waals surface area contributed by atoms with Gasteiger partial charge in [-0.05, 0) is 56.0 Å². The number of hydrogen-bond donors (Lipinski definition) is 1. The van der Waals surface area contributed by atoms with Crippen molar-refractivity contribution in [1.82, 2.24) is 9.62 Å². The van der Waals surface area contributed by atoms with E-state index in [9.17, 15) is 13.2 Å². The first-order chi connectivity index (χ1) is 13.4. The molecule has 0 saturated carbocycles. The zero-order valence-electron chi connectivity index (χ0n) is 16.2. The molecule has 2 aromatic rings. The summed E-state index contributed by atoms with van der Waals surface area (Å²) in [6.45, 7) is 4.70. The third-order valence-corrected chi connectivity index (χ3v) is 6.78. The smallest absolute Gasteiger partial charge is 0.258 e. The number of carbonyl (C=O) groups is 1. The average Bonchev–Trinajstić information content (AvgIpc) is 3.23. The predicted octanol–water partition coefficient (Wildman–Crippen LogP) is 3.04. The van der Waals surface area contributed by atoms with Crippen LogP contribution in [0.1, 0.15) is 36.9 Å². The molecule has 3 rings (SSSR count). The van der Waals surface area contributed by atoms with Gasteiger partial charge >= 0.3 is 0 Å². The van der Waals surface area contributed by atoms with Gasteiger partial charge in [-0.1, -0.05) is 30.3 Å². The molecular formula is C21H26N2O4S. The summed E-state index contributed by atoms with van der Waals surface area (Å²) < 4.78 is 32.4. The van der Waals surface area contributed by atoms with E-state index in [-0.39, 0.29) is 23.5 Å². The molecule has 1 aliphatic rings. The van der Waals surface area contributed by atoms with E-state index in [1.165, 1.54) is 4.31 Å². The average molecular weight is 403 g/mol. The predicted molar refractivity (Wildman–Crippen MR) is 108 cm³/mol. The topological polar surface area (TPSA) is 75.7 Å². The van der Waals surface area contributed by atoms with Crippen LogP contribution in [-0.2, 0) is 14.8 Å². The van der Waals surface area contributed by atoms with E-state index in [0.717, 1.165) is 18.4 Å². The molecule has 0 aromatic heterocycles. The maximum Gasteiger partial charge on any atom is 0.258 e. The quantitative estimate of drug-likeness (QED) is 0.772. The third kappa shape index (κ3) is 4.72. The Hall–Kier alpha value is -2.38. The highest BCUT2D eigenvalue weighted by Gasteiger charge is 2.27. The minimum Gasteiger partial charge on any atom is -0.484 e. The molecule has 0 aliphatic carbocycles. The summed E-state index contributed by atoms with van der Waals surface area (Å²) in [5.74, 6) is 0.271. The lowest BCUT2D eigenvalue weighted by Gasteiger charge is -2.17. The molecule has 6 nitrogen and oxygen atoms in total. The normalized spacial score (nSPS) is 15.9. The minimum atomic E-state index is -3.46. The Morgan fingerprint density at radius 3 is 2.46 bits per heavy atom. The minimum absolute atomic E-state index is 0.119. The summed E-state index contributed by atoms with van der Waals surface area (Å²) in [5, 5.41) is 2.89. The molecule has 0 spiro atoms. The van der Waals surface area contributed by atoms with Crippen molar-refractivity contribution in [2.24, 2.45) is 0 Å². The second-order valence-corrected chi connectivity index (χ2v) is 8.96. The lowest BCUT2D eigenvalue weighted by molar-refractivity contribution is -0.123. The summed E-state index contributed by atoms with van der Waals surface area (Å²) in [6.07, 6.45) is 1.80. The van der Waals surface area contributed by atoms with Gasteiger partial charge in [0.15, 0.2) is 6.61 Å². The van der Waals surface area contributed by atoms with Gasteiger partial charge in [0.2, 0.25) is 10.0 Å². The van der Waals surface area contributed by atoms with Crippen molar-refractivity contribution in [3.05, 3.63) is 59.7 Å². The Bertz CT molecular complexity index is 923. The maximum atomic E-state index is 12.6. The van der Waals surface area contributed by atoms with Gasteiger partial charge in [-0.25, -0.2) is 8.42 Å². The van der Waals surface area contributed by atoms with Crippen LogP contribution in [0, 0.1) is 6.92 Å². The van der Waals surface area contributed by atoms with Crippen LogP contribution in [0.4, 0.5) is 0 Å². The van der Waals surface area contributed by atoms with E-state index in [1.54, 1.807) is 25.1 Å². The molecule has 7 heteroatoms. The molecule has 1 N–H and O–H groups in total. The molecule has 1 fully saturated rings. The molecule has 0 radical (unpaired) electrons. The van der Waals surface area contributed by atoms with Crippen LogP contribution >= 0.6 is 0 Å². The standard InChI is InChI=1S/C21H26N2O4S/c1-16-14-19(28(25,26)23-12-6-7-13-23)10-11-20(16)27-15-21(24)22-17(2)18-8-4-3-5-9-18/h3-5,8-11,14,17H,6-7,12-13,15H2,1-2H3,(H,22,24)/t17-/m0/s1. The van der Waals surface area contributed by atoms with Gasteiger partial charge < -0.3 is 10.1 Å². The number of rotatable bonds is 7. The number of carbonyl (C=O) groups excluding carboxylic acids is 1. The van der Waals surface area contributed by atoms with Crippen molar-refractivity contribution < 1.29 is 17.9 Å². The van der Waals surface area contributed by atoms with Crippen LogP contribution in [0.3, 0.4) is 0 Å². The monoisotopic (exact) mass is 402 g/mol. The Kier molecular flexibility index (Phi) is 6.36. The van der Waals surface area contributed by atoms with Gasteiger partial charge in [0.1, 0.15) is 5.75 Å². The molecule has 1 aliphatic heterocycles. The van der Waals surface area contributed by atoms with Crippen molar-refractivity contribution in [2.75, 3.05) is 19.7 Å². The van der Waals surface area contributed by atoms with E-state index in [2.05, 4.69) is 5.32 Å². The number of amides is 1. The van der Waals surface area contributed by atoms with E-state index in [0.29, 0.717) is 24.4 Å². The van der Waals surface area contributed by atoms with Gasteiger partial charge in [-0.3, -0.25) is 4.79 Å². The first kappa shape index (κ1) is 20.4. The number of nitrogens with zero attached hydrogens (tertiary/aromatic N) is 1. The fraction of sp³-hybridized carbons (Fsp3) is 0.381. The van der Waals surface area contributed by atoms with E-state index < -0.39 is 10.0 Å². The number of aryl methyl sites for hydroxylation is 1. The third-order valence-electron chi connectivity index (χ3n) is 4.89. The first-order valence-electron chi connectivity index (χ1n) is 9.46. The summed E-state index contributed by atoms with van der Waals surface area (Å²) >= 11 is 0. The van der Waals surface area contributed by atoms with E-state index in [1.807, 2.05) is 37.3 Å². The lowest BCUT2D eigenvalue weighted by Crippen LogP contribution is -2.31. The van der Waals surface area contributed by atoms with Gasteiger partial charge in [0.25, 0.3) is 5.91 Å². The Morgan fingerprint density at radius 2 is 1.82 bits per heavy atom. The molecule has 1 heterocycles. The Morgan fingerprint density at radius 1 is 1.14 bits per heavy atom. The number of nitrogens with one attached hydrogen (secondary N) is 1. The number of benzene rings is 2. The molecule has 150 valence electrons. The van der Waals surface area contributed by atoms with Crippen LogP contribution < -0.4 is 10.1 Å². The zero-order chi connectivity index (χ0) is 20.1. The van der Waals surface area contributed by atoms with E-state index in [4.69, 9.17) is 4.74 Å². The Labute approximate surface area is 166 Å². The molecule has 1 saturated heterocycles.